The number of oxime groups is 1. The number of hydrogen-bond acceptors (Lipinski definition) is 4. The monoisotopic (exact) mass is 261 g/mol. The zero-order chi connectivity index (χ0) is 15.1. The summed E-state index contributed by atoms with van der Waals surface area (Å²) >= 11 is 0. The predicted octanol–water partition coefficient (Wildman–Crippen LogP) is 3.73. The maximum absolute atomic E-state index is 8.62. The van der Waals surface area contributed by atoms with Gasteiger partial charge in [-0.25, -0.2) is 0 Å². The summed E-state index contributed by atoms with van der Waals surface area (Å²) < 4.78 is 0. The van der Waals surface area contributed by atoms with Crippen molar-refractivity contribution in [3.63, 3.8) is 0 Å². The summed E-state index contributed by atoms with van der Waals surface area (Å²) in [5.74, 6) is 0. The normalized spacial score (nSPS) is 13.7. The van der Waals surface area contributed by atoms with E-state index in [4.69, 9.17) is 10.1 Å². The van der Waals surface area contributed by atoms with Crippen molar-refractivity contribution in [2.75, 3.05) is 6.61 Å². The van der Waals surface area contributed by atoms with Crippen molar-refractivity contribution in [2.24, 2.45) is 21.0 Å². The van der Waals surface area contributed by atoms with Gasteiger partial charge in [0.25, 0.3) is 0 Å². The fourth-order valence-corrected chi connectivity index (χ4v) is 1.34. The number of nitriles is 1. The van der Waals surface area contributed by atoms with Crippen molar-refractivity contribution in [1.82, 2.24) is 0 Å². The average Bonchev–Trinajstić information content (AvgIpc) is 2.29. The second-order valence-corrected chi connectivity index (χ2v) is 5.89. The molecule has 0 aliphatic carbocycles. The molecule has 0 heterocycles. The van der Waals surface area contributed by atoms with Crippen LogP contribution >= 0.6 is 0 Å². The van der Waals surface area contributed by atoms with Crippen molar-refractivity contribution >= 4 is 11.4 Å². The molecular formula is C15H23N3O. The Bertz CT molecular complexity index is 431. The zero-order valence-corrected chi connectivity index (χ0v) is 12.5. The molecule has 0 fully saturated rings. The molecule has 0 atom stereocenters. The van der Waals surface area contributed by atoms with Gasteiger partial charge in [-0.1, -0.05) is 52.9 Å². The van der Waals surface area contributed by atoms with E-state index in [1.54, 1.807) is 18.3 Å². The lowest BCUT2D eigenvalue weighted by molar-refractivity contribution is 0.0967. The predicted molar refractivity (Wildman–Crippen MR) is 80.1 cm³/mol. The molecule has 4 nitrogen and oxygen atoms in total. The summed E-state index contributed by atoms with van der Waals surface area (Å²) in [6.45, 7) is 17.6. The first-order chi connectivity index (χ1) is 8.69. The van der Waals surface area contributed by atoms with Crippen LogP contribution in [-0.2, 0) is 4.84 Å². The van der Waals surface area contributed by atoms with E-state index in [0.717, 1.165) is 5.71 Å². The first-order valence-electron chi connectivity index (χ1n) is 6.11. The molecule has 4 heteroatoms. The van der Waals surface area contributed by atoms with Gasteiger partial charge < -0.3 is 4.84 Å². The van der Waals surface area contributed by atoms with Crippen LogP contribution in [0.15, 0.2) is 35.5 Å². The van der Waals surface area contributed by atoms with Gasteiger partial charge in [0, 0.05) is 10.8 Å². The van der Waals surface area contributed by atoms with E-state index < -0.39 is 5.41 Å². The molecule has 0 aliphatic heterocycles. The first kappa shape index (κ1) is 17.1. The second kappa shape index (κ2) is 6.89. The van der Waals surface area contributed by atoms with Crippen LogP contribution in [0.3, 0.4) is 0 Å². The third-order valence-corrected chi connectivity index (χ3v) is 2.61. The minimum Gasteiger partial charge on any atom is -0.395 e. The Kier molecular flexibility index (Phi) is 6.20. The molecule has 104 valence electrons. The van der Waals surface area contributed by atoms with E-state index in [2.05, 4.69) is 23.3 Å². The SMILES string of the molecule is C=C/C(=N\OCC(C)(C)/C(C=C)=N/C#N)C(C)(C)C. The number of hydrogen-bond donors (Lipinski definition) is 0. The van der Waals surface area contributed by atoms with Crippen LogP contribution in [0.5, 0.6) is 0 Å². The minimum absolute atomic E-state index is 0.117. The molecule has 0 saturated carbocycles. The average molecular weight is 261 g/mol. The van der Waals surface area contributed by atoms with Crippen molar-refractivity contribution in [3.05, 3.63) is 25.3 Å². The summed E-state index contributed by atoms with van der Waals surface area (Å²) in [7, 11) is 0. The van der Waals surface area contributed by atoms with Gasteiger partial charge in [0.15, 0.2) is 0 Å². The highest BCUT2D eigenvalue weighted by Gasteiger charge is 2.25. The number of rotatable bonds is 6. The van der Waals surface area contributed by atoms with Crippen LogP contribution in [0, 0.1) is 22.3 Å². The van der Waals surface area contributed by atoms with Crippen LogP contribution < -0.4 is 0 Å². The first-order valence-corrected chi connectivity index (χ1v) is 6.11. The largest absolute Gasteiger partial charge is 0.395 e. The zero-order valence-electron chi connectivity index (χ0n) is 12.5. The second-order valence-electron chi connectivity index (χ2n) is 5.89. The standard InChI is InChI=1S/C15H23N3O/c1-8-12(14(3,4)5)18-19-10-15(6,7)13(9-2)17-11-16/h8-9H,1-2,10H2,3-7H3/b17-13+,18-12+. The van der Waals surface area contributed by atoms with Crippen molar-refractivity contribution in [3.8, 4) is 6.19 Å². The molecule has 0 aromatic rings. The molecule has 19 heavy (non-hydrogen) atoms. The maximum atomic E-state index is 8.62. The molecule has 0 saturated heterocycles. The molecule has 0 N–H and O–H groups in total. The van der Waals surface area contributed by atoms with Crippen LogP contribution in [0.4, 0.5) is 0 Å². The molecule has 0 unspecified atom stereocenters. The molecule has 0 bridgehead atoms. The lowest BCUT2D eigenvalue weighted by Crippen LogP contribution is -2.28. The van der Waals surface area contributed by atoms with Gasteiger partial charge in [0.2, 0.25) is 6.19 Å². The number of aliphatic imine (C=N–C) groups is 1. The summed E-state index contributed by atoms with van der Waals surface area (Å²) in [4.78, 5) is 9.12. The maximum Gasteiger partial charge on any atom is 0.205 e. The Hall–Kier alpha value is -1.89. The molecule has 0 aromatic heterocycles. The van der Waals surface area contributed by atoms with Crippen LogP contribution in [0.2, 0.25) is 0 Å². The minimum atomic E-state index is -0.425. The van der Waals surface area contributed by atoms with Crippen LogP contribution in [0.1, 0.15) is 34.6 Å². The van der Waals surface area contributed by atoms with Crippen molar-refractivity contribution in [1.29, 1.82) is 5.26 Å². The van der Waals surface area contributed by atoms with E-state index in [1.807, 2.05) is 34.6 Å². The highest BCUT2D eigenvalue weighted by atomic mass is 16.6. The van der Waals surface area contributed by atoms with Gasteiger partial charge in [-0.3, -0.25) is 0 Å². The summed E-state index contributed by atoms with van der Waals surface area (Å²) in [6, 6.07) is 0. The molecule has 0 rings (SSSR count). The van der Waals surface area contributed by atoms with Gasteiger partial charge in [0.1, 0.15) is 6.61 Å². The fraction of sp³-hybridized carbons (Fsp3) is 0.533. The van der Waals surface area contributed by atoms with Gasteiger partial charge in [-0.05, 0) is 12.2 Å². The van der Waals surface area contributed by atoms with Gasteiger partial charge in [-0.2, -0.15) is 10.3 Å². The van der Waals surface area contributed by atoms with E-state index in [9.17, 15) is 0 Å². The molecule has 0 aliphatic rings. The Morgan fingerprint density at radius 3 is 2.05 bits per heavy atom. The quantitative estimate of drug-likeness (QED) is 0.415. The van der Waals surface area contributed by atoms with Crippen molar-refractivity contribution in [2.45, 2.75) is 34.6 Å². The Morgan fingerprint density at radius 2 is 1.68 bits per heavy atom. The van der Waals surface area contributed by atoms with Crippen LogP contribution in [-0.4, -0.2) is 18.0 Å². The van der Waals surface area contributed by atoms with Gasteiger partial charge >= 0.3 is 0 Å². The highest BCUT2D eigenvalue weighted by Crippen LogP contribution is 2.21. The van der Waals surface area contributed by atoms with E-state index in [0.29, 0.717) is 12.3 Å². The van der Waals surface area contributed by atoms with E-state index in [-0.39, 0.29) is 5.41 Å². The molecular weight excluding hydrogens is 238 g/mol. The van der Waals surface area contributed by atoms with Gasteiger partial charge in [-0.15, -0.1) is 0 Å². The lowest BCUT2D eigenvalue weighted by Gasteiger charge is -2.23. The molecule has 0 radical (unpaired) electrons. The highest BCUT2D eigenvalue weighted by molar-refractivity contribution is 5.99. The fourth-order valence-electron chi connectivity index (χ4n) is 1.34. The Morgan fingerprint density at radius 1 is 1.16 bits per heavy atom. The smallest absolute Gasteiger partial charge is 0.205 e. The number of allylic oxidation sites excluding steroid dienone is 2. The summed E-state index contributed by atoms with van der Waals surface area (Å²) in [5.41, 5.74) is 0.820. The molecule has 0 aromatic carbocycles. The summed E-state index contributed by atoms with van der Waals surface area (Å²) in [5, 5.41) is 12.7. The summed E-state index contributed by atoms with van der Waals surface area (Å²) in [6.07, 6.45) is 5.02. The molecule has 0 amide bonds. The lowest BCUT2D eigenvalue weighted by atomic mass is 9.88. The van der Waals surface area contributed by atoms with E-state index in [1.165, 1.54) is 0 Å². The Balaban J connectivity index is 4.86. The third kappa shape index (κ3) is 5.52. The Labute approximate surface area is 116 Å². The van der Waals surface area contributed by atoms with E-state index >= 15 is 0 Å². The van der Waals surface area contributed by atoms with Crippen molar-refractivity contribution < 1.29 is 4.84 Å². The molecule has 0 spiro atoms. The topological polar surface area (TPSA) is 57.7 Å². The number of nitrogens with zero attached hydrogens (tertiary/aromatic N) is 3. The third-order valence-electron chi connectivity index (χ3n) is 2.61. The van der Waals surface area contributed by atoms with Crippen LogP contribution in [0.25, 0.3) is 0 Å². The van der Waals surface area contributed by atoms with Gasteiger partial charge in [0.05, 0.1) is 11.4 Å².